The van der Waals surface area contributed by atoms with Crippen molar-refractivity contribution in [3.63, 3.8) is 0 Å². The van der Waals surface area contributed by atoms with E-state index in [0.717, 1.165) is 0 Å². The SMILES string of the molecule is CC(C)(C)OC(=O)N1CC(CNC(=O)c2ccco2)C1. The molecule has 0 atom stereocenters. The molecule has 2 amide bonds. The van der Waals surface area contributed by atoms with E-state index in [0.29, 0.717) is 25.4 Å². The average Bonchev–Trinajstić information content (AvgIpc) is 2.77. The quantitative estimate of drug-likeness (QED) is 0.917. The molecule has 1 saturated heterocycles. The predicted octanol–water partition coefficient (Wildman–Crippen LogP) is 1.88. The van der Waals surface area contributed by atoms with Gasteiger partial charge in [-0.05, 0) is 32.9 Å². The van der Waals surface area contributed by atoms with E-state index < -0.39 is 5.60 Å². The maximum atomic E-state index is 11.7. The standard InChI is InChI=1S/C14H20N2O4/c1-14(2,3)20-13(18)16-8-10(9-16)7-15-12(17)11-5-4-6-19-11/h4-6,10H,7-9H2,1-3H3,(H,15,17). The lowest BCUT2D eigenvalue weighted by Crippen LogP contribution is -2.54. The van der Waals surface area contributed by atoms with Crippen molar-refractivity contribution in [1.29, 1.82) is 0 Å². The minimum absolute atomic E-state index is 0.231. The van der Waals surface area contributed by atoms with Gasteiger partial charge >= 0.3 is 6.09 Å². The number of hydrogen-bond acceptors (Lipinski definition) is 4. The third kappa shape index (κ3) is 3.76. The Morgan fingerprint density at radius 2 is 2.15 bits per heavy atom. The van der Waals surface area contributed by atoms with Crippen LogP contribution in [0.15, 0.2) is 22.8 Å². The molecule has 1 fully saturated rings. The van der Waals surface area contributed by atoms with Crippen LogP contribution in [-0.4, -0.2) is 42.1 Å². The molecule has 2 heterocycles. The Morgan fingerprint density at radius 3 is 2.70 bits per heavy atom. The van der Waals surface area contributed by atoms with Gasteiger partial charge in [0.1, 0.15) is 5.60 Å². The molecule has 0 saturated carbocycles. The lowest BCUT2D eigenvalue weighted by Gasteiger charge is -2.39. The topological polar surface area (TPSA) is 71.8 Å². The van der Waals surface area contributed by atoms with Crippen LogP contribution in [0.5, 0.6) is 0 Å². The van der Waals surface area contributed by atoms with Crippen LogP contribution in [-0.2, 0) is 4.74 Å². The van der Waals surface area contributed by atoms with Crippen LogP contribution in [0.4, 0.5) is 4.79 Å². The molecule has 1 N–H and O–H groups in total. The van der Waals surface area contributed by atoms with Crippen molar-refractivity contribution in [3.05, 3.63) is 24.2 Å². The summed E-state index contributed by atoms with van der Waals surface area (Å²) in [4.78, 5) is 25.0. The maximum absolute atomic E-state index is 11.7. The van der Waals surface area contributed by atoms with Gasteiger partial charge in [-0.3, -0.25) is 4.79 Å². The first kappa shape index (κ1) is 14.4. The normalized spacial score (nSPS) is 15.7. The Morgan fingerprint density at radius 1 is 1.45 bits per heavy atom. The minimum atomic E-state index is -0.477. The van der Waals surface area contributed by atoms with Gasteiger partial charge in [-0.15, -0.1) is 0 Å². The summed E-state index contributed by atoms with van der Waals surface area (Å²) >= 11 is 0. The lowest BCUT2D eigenvalue weighted by atomic mass is 10.0. The van der Waals surface area contributed by atoms with Crippen LogP contribution >= 0.6 is 0 Å². The molecule has 1 aliphatic heterocycles. The van der Waals surface area contributed by atoms with Crippen molar-refractivity contribution >= 4 is 12.0 Å². The molecular formula is C14H20N2O4. The molecule has 0 aromatic carbocycles. The van der Waals surface area contributed by atoms with Gasteiger partial charge in [0.15, 0.2) is 5.76 Å². The number of carbonyl (C=O) groups excluding carboxylic acids is 2. The van der Waals surface area contributed by atoms with Crippen molar-refractivity contribution in [2.75, 3.05) is 19.6 Å². The van der Waals surface area contributed by atoms with Gasteiger partial charge < -0.3 is 19.4 Å². The summed E-state index contributed by atoms with van der Waals surface area (Å²) in [5.74, 6) is 0.334. The fourth-order valence-electron chi connectivity index (χ4n) is 1.91. The fourth-order valence-corrected chi connectivity index (χ4v) is 1.91. The molecule has 2 rings (SSSR count). The summed E-state index contributed by atoms with van der Waals surface area (Å²) in [5.41, 5.74) is -0.477. The van der Waals surface area contributed by atoms with Gasteiger partial charge in [0.25, 0.3) is 5.91 Å². The van der Waals surface area contributed by atoms with Gasteiger partial charge in [0.05, 0.1) is 6.26 Å². The molecule has 0 spiro atoms. The first-order valence-electron chi connectivity index (χ1n) is 6.65. The van der Waals surface area contributed by atoms with Gasteiger partial charge in [-0.25, -0.2) is 4.79 Å². The molecule has 0 aliphatic carbocycles. The molecule has 6 nitrogen and oxygen atoms in total. The van der Waals surface area contributed by atoms with Crippen molar-refractivity contribution in [1.82, 2.24) is 10.2 Å². The number of rotatable bonds is 3. The van der Waals surface area contributed by atoms with Crippen molar-refractivity contribution in [2.45, 2.75) is 26.4 Å². The summed E-state index contributed by atoms with van der Waals surface area (Å²) in [6, 6.07) is 3.28. The molecule has 0 unspecified atom stereocenters. The first-order chi connectivity index (χ1) is 9.35. The largest absolute Gasteiger partial charge is 0.459 e. The van der Waals surface area contributed by atoms with E-state index in [1.165, 1.54) is 6.26 Å². The third-order valence-electron chi connectivity index (χ3n) is 2.91. The summed E-state index contributed by atoms with van der Waals surface area (Å²) in [5, 5.41) is 2.78. The molecule has 1 aliphatic rings. The van der Waals surface area contributed by atoms with E-state index in [2.05, 4.69) is 5.32 Å². The highest BCUT2D eigenvalue weighted by Crippen LogP contribution is 2.19. The number of nitrogens with one attached hydrogen (secondary N) is 1. The summed E-state index contributed by atoms with van der Waals surface area (Å²) in [7, 11) is 0. The van der Waals surface area contributed by atoms with Crippen LogP contribution in [0, 0.1) is 5.92 Å². The van der Waals surface area contributed by atoms with Crippen molar-refractivity contribution in [3.8, 4) is 0 Å². The zero-order chi connectivity index (χ0) is 14.8. The summed E-state index contributed by atoms with van der Waals surface area (Å²) in [6.07, 6.45) is 1.16. The number of ether oxygens (including phenoxy) is 1. The first-order valence-corrected chi connectivity index (χ1v) is 6.65. The Kier molecular flexibility index (Phi) is 4.01. The molecule has 1 aromatic rings. The number of nitrogens with zero attached hydrogens (tertiary/aromatic N) is 1. The van der Waals surface area contributed by atoms with E-state index in [4.69, 9.17) is 9.15 Å². The third-order valence-corrected chi connectivity index (χ3v) is 2.91. The van der Waals surface area contributed by atoms with E-state index in [1.807, 2.05) is 20.8 Å². The molecule has 6 heteroatoms. The van der Waals surface area contributed by atoms with Gasteiger partial charge in [0.2, 0.25) is 0 Å². The second-order valence-corrected chi connectivity index (χ2v) is 5.94. The maximum Gasteiger partial charge on any atom is 0.410 e. The van der Waals surface area contributed by atoms with Crippen molar-refractivity contribution in [2.24, 2.45) is 5.92 Å². The van der Waals surface area contributed by atoms with Crippen molar-refractivity contribution < 1.29 is 18.7 Å². The van der Waals surface area contributed by atoms with Gasteiger partial charge in [-0.2, -0.15) is 0 Å². The zero-order valence-electron chi connectivity index (χ0n) is 12.0. The second-order valence-electron chi connectivity index (χ2n) is 5.94. The van der Waals surface area contributed by atoms with E-state index in [-0.39, 0.29) is 17.9 Å². The summed E-state index contributed by atoms with van der Waals surface area (Å²) in [6.45, 7) is 7.25. The Labute approximate surface area is 118 Å². The average molecular weight is 280 g/mol. The van der Waals surface area contributed by atoms with Crippen LogP contribution in [0.2, 0.25) is 0 Å². The highest BCUT2D eigenvalue weighted by Gasteiger charge is 2.33. The van der Waals surface area contributed by atoms with Gasteiger partial charge in [0, 0.05) is 25.6 Å². The molecular weight excluding hydrogens is 260 g/mol. The highest BCUT2D eigenvalue weighted by atomic mass is 16.6. The smallest absolute Gasteiger partial charge is 0.410 e. The van der Waals surface area contributed by atoms with E-state index >= 15 is 0 Å². The van der Waals surface area contributed by atoms with E-state index in [9.17, 15) is 9.59 Å². The molecule has 1 aromatic heterocycles. The molecule has 20 heavy (non-hydrogen) atoms. The van der Waals surface area contributed by atoms with Crippen LogP contribution in [0.25, 0.3) is 0 Å². The highest BCUT2D eigenvalue weighted by molar-refractivity contribution is 5.91. The van der Waals surface area contributed by atoms with Crippen LogP contribution in [0.1, 0.15) is 31.3 Å². The zero-order valence-corrected chi connectivity index (χ0v) is 12.0. The Bertz CT molecular complexity index is 470. The second kappa shape index (κ2) is 5.56. The number of amides is 2. The fraction of sp³-hybridized carbons (Fsp3) is 0.571. The Balaban J connectivity index is 1.67. The number of likely N-dealkylation sites (tertiary alicyclic amines) is 1. The monoisotopic (exact) mass is 280 g/mol. The van der Waals surface area contributed by atoms with Crippen LogP contribution in [0.3, 0.4) is 0 Å². The number of carbonyl (C=O) groups is 2. The molecule has 0 radical (unpaired) electrons. The predicted molar refractivity (Wildman–Crippen MR) is 72.3 cm³/mol. The number of furan rings is 1. The minimum Gasteiger partial charge on any atom is -0.459 e. The van der Waals surface area contributed by atoms with Crippen LogP contribution < -0.4 is 5.32 Å². The van der Waals surface area contributed by atoms with E-state index in [1.54, 1.807) is 17.0 Å². The lowest BCUT2D eigenvalue weighted by molar-refractivity contribution is -0.000566. The molecule has 0 bridgehead atoms. The summed E-state index contributed by atoms with van der Waals surface area (Å²) < 4.78 is 10.3. The molecule has 110 valence electrons. The number of hydrogen-bond donors (Lipinski definition) is 1. The van der Waals surface area contributed by atoms with Gasteiger partial charge in [-0.1, -0.05) is 0 Å². The Hall–Kier alpha value is -1.98.